The Morgan fingerprint density at radius 2 is 0.823 bits per heavy atom. The molecule has 15 heteroatoms. The molecule has 2 rings (SSSR count). The Labute approximate surface area is 372 Å². The van der Waals surface area contributed by atoms with E-state index in [2.05, 4.69) is 13.8 Å². The lowest BCUT2D eigenvalue weighted by Gasteiger charge is -2.42. The third-order valence-corrected chi connectivity index (χ3v) is 12.1. The number of unbranched alkanes of at least 4 members (excludes halogenated alkanes) is 24. The molecule has 2 fully saturated rings. The minimum Gasteiger partial charge on any atom is -0.462 e. The molecule has 7 N–H and O–H groups in total. The zero-order chi connectivity index (χ0) is 45.4. The quantitative estimate of drug-likeness (QED) is 0.0277. The van der Waals surface area contributed by atoms with Gasteiger partial charge in [0, 0.05) is 12.8 Å². The average Bonchev–Trinajstić information content (AvgIpc) is 3.26. The summed E-state index contributed by atoms with van der Waals surface area (Å²) in [5, 5.41) is 71.8. The third-order valence-electron chi connectivity index (χ3n) is 12.1. The second kappa shape index (κ2) is 35.7. The van der Waals surface area contributed by atoms with Gasteiger partial charge in [0.05, 0.1) is 19.8 Å². The zero-order valence-electron chi connectivity index (χ0n) is 38.4. The molecule has 2 aliphatic heterocycles. The van der Waals surface area contributed by atoms with E-state index in [1.807, 2.05) is 0 Å². The fraction of sp³-hybridized carbons (Fsp3) is 0.957. The molecule has 11 atom stereocenters. The maximum absolute atomic E-state index is 12.9. The summed E-state index contributed by atoms with van der Waals surface area (Å²) in [5.74, 6) is -0.920. The van der Waals surface area contributed by atoms with Crippen LogP contribution in [0.4, 0.5) is 0 Å². The molecule has 2 saturated heterocycles. The van der Waals surface area contributed by atoms with E-state index in [1.54, 1.807) is 0 Å². The number of ether oxygens (including phenoxy) is 6. The van der Waals surface area contributed by atoms with Crippen LogP contribution in [-0.4, -0.2) is 142 Å². The topological polar surface area (TPSA) is 231 Å². The summed E-state index contributed by atoms with van der Waals surface area (Å²) in [5.41, 5.74) is 0. The van der Waals surface area contributed by atoms with Gasteiger partial charge in [0.15, 0.2) is 18.7 Å². The number of rotatable bonds is 38. The van der Waals surface area contributed by atoms with Gasteiger partial charge in [-0.25, -0.2) is 0 Å². The van der Waals surface area contributed by atoms with Crippen LogP contribution in [0.2, 0.25) is 0 Å². The van der Waals surface area contributed by atoms with Crippen molar-refractivity contribution in [3.8, 4) is 0 Å². The van der Waals surface area contributed by atoms with Gasteiger partial charge in [0.2, 0.25) is 0 Å². The molecule has 0 aromatic carbocycles. The molecule has 366 valence electrons. The van der Waals surface area contributed by atoms with E-state index in [4.69, 9.17) is 28.4 Å². The van der Waals surface area contributed by atoms with Crippen molar-refractivity contribution >= 4 is 11.9 Å². The summed E-state index contributed by atoms with van der Waals surface area (Å²) < 4.78 is 33.4. The van der Waals surface area contributed by atoms with Gasteiger partial charge in [-0.3, -0.25) is 9.59 Å². The van der Waals surface area contributed by atoms with E-state index in [0.717, 1.165) is 44.9 Å². The Bertz CT molecular complexity index is 1100. The lowest BCUT2D eigenvalue weighted by Crippen LogP contribution is -2.61. The van der Waals surface area contributed by atoms with Gasteiger partial charge in [-0.05, 0) is 12.8 Å². The van der Waals surface area contributed by atoms with Gasteiger partial charge in [-0.2, -0.15) is 0 Å². The number of carbonyl (C=O) groups excluding carboxylic acids is 2. The van der Waals surface area contributed by atoms with Gasteiger partial charge in [-0.1, -0.05) is 168 Å². The van der Waals surface area contributed by atoms with Crippen LogP contribution in [0, 0.1) is 0 Å². The molecule has 0 bridgehead atoms. The molecule has 0 spiro atoms. The monoisotopic (exact) mass is 893 g/mol. The highest BCUT2D eigenvalue weighted by Gasteiger charge is 2.47. The molecule has 2 heterocycles. The van der Waals surface area contributed by atoms with E-state index < -0.39 is 92.7 Å². The van der Waals surface area contributed by atoms with Crippen molar-refractivity contribution in [2.75, 3.05) is 26.4 Å². The van der Waals surface area contributed by atoms with Gasteiger partial charge in [-0.15, -0.1) is 0 Å². The molecule has 0 radical (unpaired) electrons. The Hall–Kier alpha value is -1.50. The van der Waals surface area contributed by atoms with Crippen LogP contribution in [0.25, 0.3) is 0 Å². The molecule has 62 heavy (non-hydrogen) atoms. The highest BCUT2D eigenvalue weighted by molar-refractivity contribution is 5.70. The maximum Gasteiger partial charge on any atom is 0.306 e. The van der Waals surface area contributed by atoms with E-state index in [0.29, 0.717) is 12.8 Å². The SMILES string of the molecule is CCCCCCCCCCCCCCCCCCCCCC(=O)O[C@H](COC(=O)CCCCCCCCC)CO[C@H]1O[C@@H](CO[C@H]2O[C@@H](CO)[C@@H](O)C(O)C2O)[C@@H](O)C(O)C1O. The van der Waals surface area contributed by atoms with Crippen LogP contribution in [0.1, 0.15) is 194 Å². The van der Waals surface area contributed by atoms with Gasteiger partial charge >= 0.3 is 11.9 Å². The van der Waals surface area contributed by atoms with Crippen molar-refractivity contribution in [3.05, 3.63) is 0 Å². The van der Waals surface area contributed by atoms with E-state index in [9.17, 15) is 45.3 Å². The number of aliphatic hydroxyl groups excluding tert-OH is 7. The minimum absolute atomic E-state index is 0.173. The molecule has 0 aromatic heterocycles. The molecule has 0 saturated carbocycles. The van der Waals surface area contributed by atoms with Crippen molar-refractivity contribution < 1.29 is 73.8 Å². The van der Waals surface area contributed by atoms with Crippen LogP contribution < -0.4 is 0 Å². The standard InChI is InChI=1S/C47H88O15/c1-3-5-7-9-11-12-13-14-15-16-17-18-19-20-21-22-24-26-28-30-39(50)60-35(32-57-38(49)29-27-25-23-10-8-6-4-2)33-58-46-45(56)43(54)41(52)37(62-46)34-59-47-44(55)42(53)40(51)36(31-48)61-47/h35-37,40-48,51-56H,3-34H2,1-2H3/t35-,36+,37+,40-,41-,42?,43?,44?,45?,46+,47+/m1/s1. The molecule has 2 aliphatic rings. The summed E-state index contributed by atoms with van der Waals surface area (Å²) in [7, 11) is 0. The zero-order valence-corrected chi connectivity index (χ0v) is 38.4. The predicted octanol–water partition coefficient (Wildman–Crippen LogP) is 6.04. The number of hydrogen-bond donors (Lipinski definition) is 7. The molecule has 0 amide bonds. The van der Waals surface area contributed by atoms with Crippen molar-refractivity contribution in [1.82, 2.24) is 0 Å². The number of carbonyl (C=O) groups is 2. The molecule has 0 aliphatic carbocycles. The summed E-state index contributed by atoms with van der Waals surface area (Å²) in [6.07, 6.45) is 14.6. The summed E-state index contributed by atoms with van der Waals surface area (Å²) >= 11 is 0. The van der Waals surface area contributed by atoms with Crippen molar-refractivity contribution in [2.24, 2.45) is 0 Å². The van der Waals surface area contributed by atoms with Crippen molar-refractivity contribution in [2.45, 2.75) is 261 Å². The number of hydrogen-bond acceptors (Lipinski definition) is 15. The van der Waals surface area contributed by atoms with Crippen LogP contribution in [0.15, 0.2) is 0 Å². The minimum atomic E-state index is -1.76. The largest absolute Gasteiger partial charge is 0.462 e. The predicted molar refractivity (Wildman–Crippen MR) is 234 cm³/mol. The summed E-state index contributed by atoms with van der Waals surface area (Å²) in [6, 6.07) is 0. The second-order valence-electron chi connectivity index (χ2n) is 17.7. The van der Waals surface area contributed by atoms with Gasteiger partial charge < -0.3 is 64.2 Å². The van der Waals surface area contributed by atoms with Crippen molar-refractivity contribution in [3.63, 3.8) is 0 Å². The number of esters is 2. The highest BCUT2D eigenvalue weighted by Crippen LogP contribution is 2.26. The Morgan fingerprint density at radius 1 is 0.452 bits per heavy atom. The Kier molecular flexibility index (Phi) is 32.6. The molecule has 0 aromatic rings. The maximum atomic E-state index is 12.9. The van der Waals surface area contributed by atoms with Crippen LogP contribution in [0.3, 0.4) is 0 Å². The normalized spacial score (nSPS) is 27.0. The molecular formula is C47H88O15. The first-order valence-corrected chi connectivity index (χ1v) is 24.6. The lowest BCUT2D eigenvalue weighted by molar-refractivity contribution is -0.332. The van der Waals surface area contributed by atoms with Gasteiger partial charge in [0.25, 0.3) is 0 Å². The van der Waals surface area contributed by atoms with Crippen LogP contribution in [-0.2, 0) is 38.0 Å². The molecular weight excluding hydrogens is 805 g/mol. The first-order valence-electron chi connectivity index (χ1n) is 24.6. The first kappa shape index (κ1) is 56.6. The highest BCUT2D eigenvalue weighted by atomic mass is 16.7. The third kappa shape index (κ3) is 24.1. The molecule has 15 nitrogen and oxygen atoms in total. The Balaban J connectivity index is 1.76. The number of aliphatic hydroxyl groups is 7. The Morgan fingerprint density at radius 3 is 1.26 bits per heavy atom. The van der Waals surface area contributed by atoms with E-state index >= 15 is 0 Å². The fourth-order valence-electron chi connectivity index (χ4n) is 7.98. The summed E-state index contributed by atoms with van der Waals surface area (Å²) in [6.45, 7) is 2.56. The van der Waals surface area contributed by atoms with E-state index in [1.165, 1.54) is 109 Å². The van der Waals surface area contributed by atoms with Crippen LogP contribution >= 0.6 is 0 Å². The summed E-state index contributed by atoms with van der Waals surface area (Å²) in [4.78, 5) is 25.5. The average molecular weight is 893 g/mol. The second-order valence-corrected chi connectivity index (χ2v) is 17.7. The van der Waals surface area contributed by atoms with Crippen LogP contribution in [0.5, 0.6) is 0 Å². The van der Waals surface area contributed by atoms with E-state index in [-0.39, 0.29) is 26.1 Å². The smallest absolute Gasteiger partial charge is 0.306 e. The van der Waals surface area contributed by atoms with Crippen molar-refractivity contribution in [1.29, 1.82) is 0 Å². The first-order chi connectivity index (χ1) is 30.0. The fourth-order valence-corrected chi connectivity index (χ4v) is 7.98. The molecule has 4 unspecified atom stereocenters. The van der Waals surface area contributed by atoms with Gasteiger partial charge in [0.1, 0.15) is 55.4 Å². The lowest BCUT2D eigenvalue weighted by atomic mass is 9.98.